The summed E-state index contributed by atoms with van der Waals surface area (Å²) in [5.74, 6) is 0.984. The molecule has 3 aromatic rings. The van der Waals surface area contributed by atoms with Gasteiger partial charge in [-0.05, 0) is 23.3 Å². The van der Waals surface area contributed by atoms with Crippen molar-refractivity contribution < 1.29 is 9.15 Å². The van der Waals surface area contributed by atoms with Gasteiger partial charge in [-0.1, -0.05) is 30.3 Å². The minimum atomic E-state index is -0.176. The number of fused-ring (bicyclic) bond motifs is 2. The van der Waals surface area contributed by atoms with Crippen molar-refractivity contribution in [3.8, 4) is 5.75 Å². The number of hydrogen-bond acceptors (Lipinski definition) is 3. The summed E-state index contributed by atoms with van der Waals surface area (Å²) in [5, 5.41) is 1.08. The van der Waals surface area contributed by atoms with E-state index >= 15 is 0 Å². The van der Waals surface area contributed by atoms with Gasteiger partial charge in [-0.2, -0.15) is 0 Å². The number of rotatable bonds is 2. The molecule has 0 saturated heterocycles. The maximum atomic E-state index is 6.42. The topological polar surface area (TPSA) is 48.4 Å². The van der Waals surface area contributed by atoms with Gasteiger partial charge < -0.3 is 14.9 Å². The first-order valence-corrected chi connectivity index (χ1v) is 6.80. The summed E-state index contributed by atoms with van der Waals surface area (Å²) in [6.07, 6.45) is 2.72. The lowest BCUT2D eigenvalue weighted by Gasteiger charge is -2.12. The molecule has 0 radical (unpaired) electrons. The van der Waals surface area contributed by atoms with E-state index in [9.17, 15) is 0 Å². The molecule has 0 saturated carbocycles. The lowest BCUT2D eigenvalue weighted by molar-refractivity contribution is 0.357. The Labute approximate surface area is 117 Å². The number of ether oxygens (including phenoxy) is 1. The van der Waals surface area contributed by atoms with Crippen LogP contribution in [-0.4, -0.2) is 6.61 Å². The average Bonchev–Trinajstić information content (AvgIpc) is 3.12. The lowest BCUT2D eigenvalue weighted by Crippen LogP contribution is -2.11. The molecule has 1 atom stereocenters. The second-order valence-corrected chi connectivity index (χ2v) is 5.13. The molecule has 1 unspecified atom stereocenters. The summed E-state index contributed by atoms with van der Waals surface area (Å²) >= 11 is 0. The van der Waals surface area contributed by atoms with Gasteiger partial charge in [0.2, 0.25) is 0 Å². The second kappa shape index (κ2) is 4.39. The van der Waals surface area contributed by atoms with Gasteiger partial charge in [0.15, 0.2) is 0 Å². The SMILES string of the molecule is NC(c1ccc2c(c1)CCO2)c1coc2ccccc12. The molecule has 100 valence electrons. The Morgan fingerprint density at radius 2 is 2.00 bits per heavy atom. The van der Waals surface area contributed by atoms with E-state index in [0.29, 0.717) is 0 Å². The van der Waals surface area contributed by atoms with Crippen LogP contribution in [0.25, 0.3) is 11.0 Å². The number of nitrogens with two attached hydrogens (primary N) is 1. The predicted octanol–water partition coefficient (Wildman–Crippen LogP) is 3.42. The summed E-state index contributed by atoms with van der Waals surface area (Å²) in [4.78, 5) is 0. The minimum absolute atomic E-state index is 0.176. The van der Waals surface area contributed by atoms with Crippen molar-refractivity contribution in [2.24, 2.45) is 5.73 Å². The summed E-state index contributed by atoms with van der Waals surface area (Å²) < 4.78 is 11.1. The van der Waals surface area contributed by atoms with Gasteiger partial charge in [-0.3, -0.25) is 0 Å². The lowest BCUT2D eigenvalue weighted by atomic mass is 9.97. The second-order valence-electron chi connectivity index (χ2n) is 5.13. The zero-order valence-corrected chi connectivity index (χ0v) is 11.0. The highest BCUT2D eigenvalue weighted by Gasteiger charge is 2.18. The molecule has 2 aromatic carbocycles. The zero-order valence-electron chi connectivity index (χ0n) is 11.0. The molecule has 0 fully saturated rings. The maximum Gasteiger partial charge on any atom is 0.134 e. The first-order valence-electron chi connectivity index (χ1n) is 6.80. The molecule has 0 amide bonds. The highest BCUT2D eigenvalue weighted by atomic mass is 16.5. The molecule has 20 heavy (non-hydrogen) atoms. The highest BCUT2D eigenvalue weighted by molar-refractivity contribution is 5.81. The van der Waals surface area contributed by atoms with Crippen molar-refractivity contribution in [3.05, 3.63) is 65.4 Å². The Morgan fingerprint density at radius 1 is 1.10 bits per heavy atom. The third kappa shape index (κ3) is 1.71. The molecular formula is C17H15NO2. The molecule has 3 nitrogen and oxygen atoms in total. The fraction of sp³-hybridized carbons (Fsp3) is 0.176. The summed E-state index contributed by atoms with van der Waals surface area (Å²) in [5.41, 5.74) is 10.7. The van der Waals surface area contributed by atoms with Crippen LogP contribution in [0.2, 0.25) is 0 Å². The summed E-state index contributed by atoms with van der Waals surface area (Å²) in [7, 11) is 0. The number of benzene rings is 2. The van der Waals surface area contributed by atoms with Crippen molar-refractivity contribution in [1.29, 1.82) is 0 Å². The van der Waals surface area contributed by atoms with Crippen molar-refractivity contribution >= 4 is 11.0 Å². The largest absolute Gasteiger partial charge is 0.493 e. The van der Waals surface area contributed by atoms with Crippen LogP contribution < -0.4 is 10.5 Å². The van der Waals surface area contributed by atoms with Crippen LogP contribution in [-0.2, 0) is 6.42 Å². The molecule has 2 N–H and O–H groups in total. The van der Waals surface area contributed by atoms with E-state index in [1.54, 1.807) is 6.26 Å². The maximum absolute atomic E-state index is 6.42. The molecule has 3 heteroatoms. The Bertz CT molecular complexity index is 776. The Balaban J connectivity index is 1.78. The molecule has 0 aliphatic carbocycles. The monoisotopic (exact) mass is 265 g/mol. The Morgan fingerprint density at radius 3 is 2.95 bits per heavy atom. The summed E-state index contributed by atoms with van der Waals surface area (Å²) in [6.45, 7) is 0.767. The van der Waals surface area contributed by atoms with Crippen LogP contribution in [0.4, 0.5) is 0 Å². The number of hydrogen-bond donors (Lipinski definition) is 1. The molecule has 4 rings (SSSR count). The van der Waals surface area contributed by atoms with Crippen molar-refractivity contribution in [2.45, 2.75) is 12.5 Å². The van der Waals surface area contributed by atoms with Gasteiger partial charge >= 0.3 is 0 Å². The highest BCUT2D eigenvalue weighted by Crippen LogP contribution is 2.32. The standard InChI is InChI=1S/C17H15NO2/c18-17(12-5-6-15-11(9-12)7-8-19-15)14-10-20-16-4-2-1-3-13(14)16/h1-6,9-10,17H,7-8,18H2. The molecule has 1 aliphatic rings. The van der Waals surface area contributed by atoms with E-state index in [2.05, 4.69) is 6.07 Å². The van der Waals surface area contributed by atoms with Gasteiger partial charge in [-0.25, -0.2) is 0 Å². The van der Waals surface area contributed by atoms with Crippen LogP contribution in [0.15, 0.2) is 53.1 Å². The van der Waals surface area contributed by atoms with Gasteiger partial charge in [0, 0.05) is 17.4 Å². The van der Waals surface area contributed by atoms with Crippen LogP contribution in [0.3, 0.4) is 0 Å². The summed E-state index contributed by atoms with van der Waals surface area (Å²) in [6, 6.07) is 14.0. The van der Waals surface area contributed by atoms with E-state index in [1.807, 2.05) is 36.4 Å². The molecule has 0 bridgehead atoms. The average molecular weight is 265 g/mol. The van der Waals surface area contributed by atoms with Crippen LogP contribution >= 0.6 is 0 Å². The molecule has 0 spiro atoms. The molecule has 1 aliphatic heterocycles. The van der Waals surface area contributed by atoms with Crippen molar-refractivity contribution in [3.63, 3.8) is 0 Å². The van der Waals surface area contributed by atoms with Crippen LogP contribution in [0, 0.1) is 0 Å². The van der Waals surface area contributed by atoms with Gasteiger partial charge in [0.1, 0.15) is 11.3 Å². The number of furan rings is 1. The van der Waals surface area contributed by atoms with Crippen molar-refractivity contribution in [2.75, 3.05) is 6.61 Å². The minimum Gasteiger partial charge on any atom is -0.493 e. The molecule has 2 heterocycles. The predicted molar refractivity (Wildman–Crippen MR) is 77.9 cm³/mol. The third-order valence-electron chi connectivity index (χ3n) is 3.92. The normalized spacial score (nSPS) is 15.1. The van der Waals surface area contributed by atoms with E-state index in [4.69, 9.17) is 14.9 Å². The zero-order chi connectivity index (χ0) is 13.5. The van der Waals surface area contributed by atoms with E-state index < -0.39 is 0 Å². The fourth-order valence-corrected chi connectivity index (χ4v) is 2.82. The quantitative estimate of drug-likeness (QED) is 0.772. The Hall–Kier alpha value is -2.26. The first-order chi connectivity index (χ1) is 9.83. The van der Waals surface area contributed by atoms with E-state index in [0.717, 1.165) is 40.9 Å². The van der Waals surface area contributed by atoms with Gasteiger partial charge in [-0.15, -0.1) is 0 Å². The molecule has 1 aromatic heterocycles. The number of para-hydroxylation sites is 1. The van der Waals surface area contributed by atoms with E-state index in [1.165, 1.54) is 5.56 Å². The first kappa shape index (κ1) is 11.6. The van der Waals surface area contributed by atoms with Gasteiger partial charge in [0.25, 0.3) is 0 Å². The van der Waals surface area contributed by atoms with Crippen LogP contribution in [0.1, 0.15) is 22.7 Å². The molecular weight excluding hydrogens is 250 g/mol. The third-order valence-corrected chi connectivity index (χ3v) is 3.92. The fourth-order valence-electron chi connectivity index (χ4n) is 2.82. The van der Waals surface area contributed by atoms with Gasteiger partial charge in [0.05, 0.1) is 18.9 Å². The van der Waals surface area contributed by atoms with E-state index in [-0.39, 0.29) is 6.04 Å². The smallest absolute Gasteiger partial charge is 0.134 e. The van der Waals surface area contributed by atoms with Crippen molar-refractivity contribution in [1.82, 2.24) is 0 Å². The Kier molecular flexibility index (Phi) is 2.54. The van der Waals surface area contributed by atoms with Crippen LogP contribution in [0.5, 0.6) is 5.75 Å².